The van der Waals surface area contributed by atoms with Gasteiger partial charge in [-0.25, -0.2) is 0 Å². The number of halogens is 1. The van der Waals surface area contributed by atoms with Crippen molar-refractivity contribution in [3.63, 3.8) is 0 Å². The molecule has 0 saturated carbocycles. The summed E-state index contributed by atoms with van der Waals surface area (Å²) >= 11 is 6.03. The minimum absolute atomic E-state index is 0.00611. The summed E-state index contributed by atoms with van der Waals surface area (Å²) in [6.07, 6.45) is 0. The van der Waals surface area contributed by atoms with Crippen LogP contribution in [0.2, 0.25) is 5.02 Å². The summed E-state index contributed by atoms with van der Waals surface area (Å²) in [5.41, 5.74) is 1.46. The average Bonchev–Trinajstić information content (AvgIpc) is 2.54. The van der Waals surface area contributed by atoms with Crippen LogP contribution in [0, 0.1) is 0 Å². The monoisotopic (exact) mass is 331 g/mol. The van der Waals surface area contributed by atoms with Crippen molar-refractivity contribution in [3.8, 4) is 0 Å². The molecule has 2 aromatic rings. The van der Waals surface area contributed by atoms with Crippen LogP contribution < -0.4 is 4.90 Å². The van der Waals surface area contributed by atoms with Crippen LogP contribution in [0.15, 0.2) is 54.6 Å². The van der Waals surface area contributed by atoms with Crippen LogP contribution in [0.5, 0.6) is 0 Å². The van der Waals surface area contributed by atoms with E-state index in [2.05, 4.69) is 0 Å². The van der Waals surface area contributed by atoms with E-state index in [1.54, 1.807) is 24.3 Å². The van der Waals surface area contributed by atoms with E-state index in [4.69, 9.17) is 16.3 Å². The molecule has 0 fully saturated rings. The molecule has 23 heavy (non-hydrogen) atoms. The van der Waals surface area contributed by atoms with Gasteiger partial charge in [0, 0.05) is 23.2 Å². The highest BCUT2D eigenvalue weighted by Gasteiger charge is 2.14. The molecule has 0 atom stereocenters. The van der Waals surface area contributed by atoms with Gasteiger partial charge in [-0.3, -0.25) is 9.59 Å². The second-order valence-corrected chi connectivity index (χ2v) is 5.47. The van der Waals surface area contributed by atoms with E-state index in [1.807, 2.05) is 35.2 Å². The quantitative estimate of drug-likeness (QED) is 0.574. The summed E-state index contributed by atoms with van der Waals surface area (Å²) in [6, 6.07) is 16.3. The van der Waals surface area contributed by atoms with Gasteiger partial charge in [0.15, 0.2) is 5.78 Å². The van der Waals surface area contributed by atoms with Gasteiger partial charge in [0.05, 0.1) is 13.1 Å². The zero-order chi connectivity index (χ0) is 16.7. The van der Waals surface area contributed by atoms with Crippen LogP contribution in [0.25, 0.3) is 0 Å². The first-order valence-electron chi connectivity index (χ1n) is 7.28. The van der Waals surface area contributed by atoms with Gasteiger partial charge in [-0.05, 0) is 18.2 Å². The molecule has 0 radical (unpaired) electrons. The molecule has 4 nitrogen and oxygen atoms in total. The summed E-state index contributed by atoms with van der Waals surface area (Å²) in [7, 11) is 0. The van der Waals surface area contributed by atoms with Crippen molar-refractivity contribution in [3.05, 3.63) is 65.2 Å². The van der Waals surface area contributed by atoms with Gasteiger partial charge in [-0.1, -0.05) is 48.0 Å². The first kappa shape index (κ1) is 17.0. The SMILES string of the molecule is CC(=O)OCCN(CC(=O)c1ccccc1)c1cccc(Cl)c1. The number of Topliss-reactive ketones (excluding diaryl/α,β-unsaturated/α-hetero) is 1. The summed E-state index contributed by atoms with van der Waals surface area (Å²) in [4.78, 5) is 25.2. The Labute approximate surface area is 140 Å². The van der Waals surface area contributed by atoms with Crippen molar-refractivity contribution in [1.82, 2.24) is 0 Å². The van der Waals surface area contributed by atoms with Gasteiger partial charge in [-0.15, -0.1) is 0 Å². The van der Waals surface area contributed by atoms with E-state index in [1.165, 1.54) is 6.92 Å². The zero-order valence-electron chi connectivity index (χ0n) is 12.9. The molecule has 0 N–H and O–H groups in total. The summed E-state index contributed by atoms with van der Waals surface area (Å²) in [5.74, 6) is -0.348. The number of benzene rings is 2. The fraction of sp³-hybridized carbons (Fsp3) is 0.222. The second kappa shape index (κ2) is 8.34. The van der Waals surface area contributed by atoms with Crippen LogP contribution in [0.4, 0.5) is 5.69 Å². The molecule has 0 unspecified atom stereocenters. The van der Waals surface area contributed by atoms with Crippen molar-refractivity contribution in [2.24, 2.45) is 0 Å². The molecule has 2 aromatic carbocycles. The Balaban J connectivity index is 2.12. The number of nitrogens with zero attached hydrogens (tertiary/aromatic N) is 1. The molecule has 5 heteroatoms. The molecule has 0 bridgehead atoms. The minimum atomic E-state index is -0.342. The molecule has 0 aliphatic rings. The van der Waals surface area contributed by atoms with Gasteiger partial charge in [0.25, 0.3) is 0 Å². The number of carbonyl (C=O) groups excluding carboxylic acids is 2. The summed E-state index contributed by atoms with van der Waals surface area (Å²) in [6.45, 7) is 2.17. The molecule has 0 aliphatic carbocycles. The third kappa shape index (κ3) is 5.42. The molecule has 0 aliphatic heterocycles. The number of ketones is 1. The Morgan fingerprint density at radius 1 is 1.09 bits per heavy atom. The maximum atomic E-state index is 12.4. The Bertz CT molecular complexity index is 673. The largest absolute Gasteiger partial charge is 0.464 e. The normalized spacial score (nSPS) is 10.2. The van der Waals surface area contributed by atoms with Crippen LogP contribution in [0.1, 0.15) is 17.3 Å². The van der Waals surface area contributed by atoms with Gasteiger partial charge >= 0.3 is 5.97 Å². The first-order chi connectivity index (χ1) is 11.1. The van der Waals surface area contributed by atoms with Crippen LogP contribution >= 0.6 is 11.6 Å². The topological polar surface area (TPSA) is 46.6 Å². The number of ether oxygens (including phenoxy) is 1. The summed E-state index contributed by atoms with van der Waals surface area (Å²) < 4.78 is 4.99. The lowest BCUT2D eigenvalue weighted by molar-refractivity contribution is -0.140. The van der Waals surface area contributed by atoms with Crippen LogP contribution in [0.3, 0.4) is 0 Å². The maximum absolute atomic E-state index is 12.4. The lowest BCUT2D eigenvalue weighted by Crippen LogP contribution is -2.33. The number of rotatable bonds is 7. The highest BCUT2D eigenvalue weighted by molar-refractivity contribution is 6.30. The van der Waals surface area contributed by atoms with E-state index in [9.17, 15) is 9.59 Å². The highest BCUT2D eigenvalue weighted by Crippen LogP contribution is 2.20. The number of esters is 1. The van der Waals surface area contributed by atoms with Crippen molar-refractivity contribution in [2.75, 3.05) is 24.6 Å². The van der Waals surface area contributed by atoms with Crippen LogP contribution in [-0.4, -0.2) is 31.4 Å². The molecule has 0 amide bonds. The molecular formula is C18H18ClNO3. The molecule has 0 saturated heterocycles. The Morgan fingerprint density at radius 3 is 2.48 bits per heavy atom. The van der Waals surface area contributed by atoms with Crippen LogP contribution in [-0.2, 0) is 9.53 Å². The van der Waals surface area contributed by atoms with Gasteiger partial charge in [-0.2, -0.15) is 0 Å². The lowest BCUT2D eigenvalue weighted by atomic mass is 10.1. The third-order valence-electron chi connectivity index (χ3n) is 3.27. The first-order valence-corrected chi connectivity index (χ1v) is 7.66. The Morgan fingerprint density at radius 2 is 1.83 bits per heavy atom. The van der Waals surface area contributed by atoms with Gasteiger partial charge in [0.2, 0.25) is 0 Å². The molecule has 120 valence electrons. The molecule has 0 spiro atoms. The predicted molar refractivity (Wildman–Crippen MR) is 91.1 cm³/mol. The highest BCUT2D eigenvalue weighted by atomic mass is 35.5. The Hall–Kier alpha value is -2.33. The maximum Gasteiger partial charge on any atom is 0.302 e. The van der Waals surface area contributed by atoms with Gasteiger partial charge < -0.3 is 9.64 Å². The second-order valence-electron chi connectivity index (χ2n) is 5.03. The predicted octanol–water partition coefficient (Wildman–Crippen LogP) is 3.59. The van der Waals surface area contributed by atoms with Crippen molar-refractivity contribution >= 4 is 29.0 Å². The van der Waals surface area contributed by atoms with E-state index in [0.29, 0.717) is 17.1 Å². The van der Waals surface area contributed by atoms with E-state index >= 15 is 0 Å². The fourth-order valence-electron chi connectivity index (χ4n) is 2.16. The third-order valence-corrected chi connectivity index (χ3v) is 3.51. The van der Waals surface area contributed by atoms with Crippen molar-refractivity contribution < 1.29 is 14.3 Å². The zero-order valence-corrected chi connectivity index (χ0v) is 13.6. The van der Waals surface area contributed by atoms with E-state index in [-0.39, 0.29) is 24.9 Å². The van der Waals surface area contributed by atoms with Crippen molar-refractivity contribution in [1.29, 1.82) is 0 Å². The molecular weight excluding hydrogens is 314 g/mol. The standard InChI is InChI=1S/C18H18ClNO3/c1-14(21)23-11-10-20(17-9-5-8-16(19)12-17)13-18(22)15-6-3-2-4-7-15/h2-9,12H,10-11,13H2,1H3. The number of hydrogen-bond donors (Lipinski definition) is 0. The number of carbonyl (C=O) groups is 2. The summed E-state index contributed by atoms with van der Waals surface area (Å²) in [5, 5.41) is 0.590. The minimum Gasteiger partial charge on any atom is -0.464 e. The Kier molecular flexibility index (Phi) is 6.18. The average molecular weight is 332 g/mol. The molecule has 0 heterocycles. The smallest absolute Gasteiger partial charge is 0.302 e. The number of hydrogen-bond acceptors (Lipinski definition) is 4. The molecule has 2 rings (SSSR count). The van der Waals surface area contributed by atoms with E-state index in [0.717, 1.165) is 5.69 Å². The van der Waals surface area contributed by atoms with Crippen molar-refractivity contribution in [2.45, 2.75) is 6.92 Å². The molecule has 0 aromatic heterocycles. The number of anilines is 1. The van der Waals surface area contributed by atoms with Gasteiger partial charge in [0.1, 0.15) is 6.61 Å². The fourth-order valence-corrected chi connectivity index (χ4v) is 2.35. The van der Waals surface area contributed by atoms with E-state index < -0.39 is 0 Å². The lowest BCUT2D eigenvalue weighted by Gasteiger charge is -2.24.